The first-order chi connectivity index (χ1) is 9.65. The second-order valence-electron chi connectivity index (χ2n) is 4.22. The molecule has 0 amide bonds. The van der Waals surface area contributed by atoms with Gasteiger partial charge < -0.3 is 10.7 Å². The number of nitrogens with one attached hydrogen (secondary N) is 1. The SMILES string of the molecule is Nc1ccnc(-c2cnc(-c3c(Cl)cccc3Cl)[nH]2)c1. The van der Waals surface area contributed by atoms with Crippen molar-refractivity contribution in [3.63, 3.8) is 0 Å². The lowest BCUT2D eigenvalue weighted by Crippen LogP contribution is -1.89. The fourth-order valence-electron chi connectivity index (χ4n) is 1.90. The van der Waals surface area contributed by atoms with E-state index >= 15 is 0 Å². The van der Waals surface area contributed by atoms with Gasteiger partial charge in [-0.1, -0.05) is 29.3 Å². The number of H-pyrrole nitrogens is 1. The molecule has 2 aromatic heterocycles. The van der Waals surface area contributed by atoms with Gasteiger partial charge in [0.15, 0.2) is 0 Å². The molecule has 20 heavy (non-hydrogen) atoms. The molecule has 2 heterocycles. The second kappa shape index (κ2) is 5.15. The molecule has 6 heteroatoms. The molecule has 0 saturated heterocycles. The van der Waals surface area contributed by atoms with Gasteiger partial charge in [0.2, 0.25) is 0 Å². The molecule has 0 aliphatic rings. The minimum Gasteiger partial charge on any atom is -0.399 e. The molecular formula is C14H10Cl2N4. The largest absolute Gasteiger partial charge is 0.399 e. The van der Waals surface area contributed by atoms with Gasteiger partial charge in [0.25, 0.3) is 0 Å². The summed E-state index contributed by atoms with van der Waals surface area (Å²) in [6, 6.07) is 8.82. The predicted molar refractivity (Wildman–Crippen MR) is 81.7 cm³/mol. The second-order valence-corrected chi connectivity index (χ2v) is 5.03. The van der Waals surface area contributed by atoms with Gasteiger partial charge in [0.1, 0.15) is 5.82 Å². The topological polar surface area (TPSA) is 67.6 Å². The maximum Gasteiger partial charge on any atom is 0.140 e. The van der Waals surface area contributed by atoms with Crippen molar-refractivity contribution in [3.8, 4) is 22.8 Å². The van der Waals surface area contributed by atoms with E-state index in [2.05, 4.69) is 15.0 Å². The van der Waals surface area contributed by atoms with E-state index in [1.807, 2.05) is 0 Å². The first-order valence-electron chi connectivity index (χ1n) is 5.86. The quantitative estimate of drug-likeness (QED) is 0.751. The first-order valence-corrected chi connectivity index (χ1v) is 6.62. The van der Waals surface area contributed by atoms with Gasteiger partial charge in [-0.3, -0.25) is 4.98 Å². The zero-order valence-electron chi connectivity index (χ0n) is 10.3. The Morgan fingerprint density at radius 3 is 2.50 bits per heavy atom. The number of pyridine rings is 1. The molecule has 1 aromatic carbocycles. The van der Waals surface area contributed by atoms with E-state index in [4.69, 9.17) is 28.9 Å². The van der Waals surface area contributed by atoms with E-state index in [0.29, 0.717) is 32.8 Å². The van der Waals surface area contributed by atoms with Crippen molar-refractivity contribution < 1.29 is 0 Å². The molecule has 0 unspecified atom stereocenters. The number of rotatable bonds is 2. The number of aromatic nitrogens is 3. The smallest absolute Gasteiger partial charge is 0.140 e. The number of anilines is 1. The van der Waals surface area contributed by atoms with Crippen LogP contribution in [-0.4, -0.2) is 15.0 Å². The van der Waals surface area contributed by atoms with Crippen molar-refractivity contribution in [3.05, 3.63) is 52.8 Å². The molecule has 0 saturated carbocycles. The van der Waals surface area contributed by atoms with Crippen molar-refractivity contribution >= 4 is 28.9 Å². The molecule has 0 atom stereocenters. The third-order valence-electron chi connectivity index (χ3n) is 2.84. The minimum absolute atomic E-state index is 0.541. The normalized spacial score (nSPS) is 10.7. The van der Waals surface area contributed by atoms with Crippen molar-refractivity contribution in [2.75, 3.05) is 5.73 Å². The number of aromatic amines is 1. The van der Waals surface area contributed by atoms with Crippen LogP contribution in [0.2, 0.25) is 10.0 Å². The number of nitrogens with two attached hydrogens (primary N) is 1. The standard InChI is InChI=1S/C14H10Cl2N4/c15-9-2-1-3-10(16)13(9)14-19-7-12(20-14)11-6-8(17)4-5-18-11/h1-7H,(H2,17,18)(H,19,20). The molecule has 0 radical (unpaired) electrons. The summed E-state index contributed by atoms with van der Waals surface area (Å²) in [5.41, 5.74) is 8.53. The third kappa shape index (κ3) is 2.35. The first kappa shape index (κ1) is 13.0. The molecule has 100 valence electrons. The number of imidazole rings is 1. The summed E-state index contributed by atoms with van der Waals surface area (Å²) in [6.07, 6.45) is 3.32. The van der Waals surface area contributed by atoms with Gasteiger partial charge in [-0.05, 0) is 24.3 Å². The molecule has 0 bridgehead atoms. The lowest BCUT2D eigenvalue weighted by Gasteiger charge is -2.03. The van der Waals surface area contributed by atoms with Gasteiger partial charge in [-0.2, -0.15) is 0 Å². The van der Waals surface area contributed by atoms with E-state index in [-0.39, 0.29) is 0 Å². The van der Waals surface area contributed by atoms with Crippen LogP contribution in [0.3, 0.4) is 0 Å². The minimum atomic E-state index is 0.541. The van der Waals surface area contributed by atoms with Crippen molar-refractivity contribution in [2.24, 2.45) is 0 Å². The summed E-state index contributed by atoms with van der Waals surface area (Å²) in [4.78, 5) is 11.7. The Balaban J connectivity index is 2.07. The monoisotopic (exact) mass is 304 g/mol. The number of halogens is 2. The van der Waals surface area contributed by atoms with Crippen LogP contribution in [0, 0.1) is 0 Å². The van der Waals surface area contributed by atoms with Crippen LogP contribution in [0.4, 0.5) is 5.69 Å². The Bertz CT molecular complexity index is 747. The number of nitrogens with zero attached hydrogens (tertiary/aromatic N) is 2. The molecule has 4 nitrogen and oxygen atoms in total. The molecule has 0 aliphatic heterocycles. The molecule has 3 aromatic rings. The fourth-order valence-corrected chi connectivity index (χ4v) is 2.47. The average molecular weight is 305 g/mol. The average Bonchev–Trinajstić information content (AvgIpc) is 2.88. The van der Waals surface area contributed by atoms with Gasteiger partial charge in [-0.15, -0.1) is 0 Å². The molecule has 0 aliphatic carbocycles. The van der Waals surface area contributed by atoms with E-state index in [1.54, 1.807) is 42.7 Å². The van der Waals surface area contributed by atoms with Gasteiger partial charge in [0, 0.05) is 11.9 Å². The van der Waals surface area contributed by atoms with Crippen molar-refractivity contribution in [1.82, 2.24) is 15.0 Å². The van der Waals surface area contributed by atoms with Crippen LogP contribution >= 0.6 is 23.2 Å². The Morgan fingerprint density at radius 1 is 1.05 bits per heavy atom. The van der Waals surface area contributed by atoms with Gasteiger partial charge in [0.05, 0.1) is 33.2 Å². The maximum atomic E-state index is 6.16. The van der Waals surface area contributed by atoms with Crippen LogP contribution in [-0.2, 0) is 0 Å². The number of hydrogen-bond donors (Lipinski definition) is 2. The van der Waals surface area contributed by atoms with Crippen LogP contribution in [0.5, 0.6) is 0 Å². The number of nitrogen functional groups attached to an aromatic ring is 1. The summed E-state index contributed by atoms with van der Waals surface area (Å²) in [5.74, 6) is 0.597. The molecule has 0 fully saturated rings. The summed E-state index contributed by atoms with van der Waals surface area (Å²) in [5, 5.41) is 1.08. The van der Waals surface area contributed by atoms with Crippen LogP contribution in [0.25, 0.3) is 22.8 Å². The fraction of sp³-hybridized carbons (Fsp3) is 0. The van der Waals surface area contributed by atoms with Crippen LogP contribution in [0.15, 0.2) is 42.7 Å². The van der Waals surface area contributed by atoms with Gasteiger partial charge >= 0.3 is 0 Å². The lowest BCUT2D eigenvalue weighted by atomic mass is 10.2. The zero-order valence-corrected chi connectivity index (χ0v) is 11.8. The molecule has 3 N–H and O–H groups in total. The van der Waals surface area contributed by atoms with Crippen LogP contribution in [0.1, 0.15) is 0 Å². The van der Waals surface area contributed by atoms with E-state index < -0.39 is 0 Å². The zero-order chi connectivity index (χ0) is 14.1. The van der Waals surface area contributed by atoms with E-state index in [1.165, 1.54) is 0 Å². The van der Waals surface area contributed by atoms with E-state index in [9.17, 15) is 0 Å². The highest BCUT2D eigenvalue weighted by Gasteiger charge is 2.12. The van der Waals surface area contributed by atoms with Crippen molar-refractivity contribution in [2.45, 2.75) is 0 Å². The Labute approximate surface area is 125 Å². The van der Waals surface area contributed by atoms with Gasteiger partial charge in [-0.25, -0.2) is 4.98 Å². The highest BCUT2D eigenvalue weighted by molar-refractivity contribution is 6.38. The number of hydrogen-bond acceptors (Lipinski definition) is 3. The summed E-state index contributed by atoms with van der Waals surface area (Å²) in [6.45, 7) is 0. The third-order valence-corrected chi connectivity index (χ3v) is 3.47. The molecule has 3 rings (SSSR count). The molecule has 0 spiro atoms. The highest BCUT2D eigenvalue weighted by atomic mass is 35.5. The van der Waals surface area contributed by atoms with E-state index in [0.717, 1.165) is 5.69 Å². The van der Waals surface area contributed by atoms with Crippen LogP contribution < -0.4 is 5.73 Å². The Kier molecular flexibility index (Phi) is 3.34. The molecular weight excluding hydrogens is 295 g/mol. The highest BCUT2D eigenvalue weighted by Crippen LogP contribution is 2.33. The predicted octanol–water partition coefficient (Wildman–Crippen LogP) is 4.03. The number of benzene rings is 1. The Morgan fingerprint density at radius 2 is 1.80 bits per heavy atom. The summed E-state index contributed by atoms with van der Waals surface area (Å²) in [7, 11) is 0. The maximum absolute atomic E-state index is 6.16. The van der Waals surface area contributed by atoms with Crippen molar-refractivity contribution in [1.29, 1.82) is 0 Å². The summed E-state index contributed by atoms with van der Waals surface area (Å²) >= 11 is 12.3. The summed E-state index contributed by atoms with van der Waals surface area (Å²) < 4.78 is 0. The lowest BCUT2D eigenvalue weighted by molar-refractivity contribution is 1.27. The Hall–Kier alpha value is -2.04.